The molecule has 0 saturated heterocycles. The fourth-order valence-electron chi connectivity index (χ4n) is 2.09. The molecular weight excluding hydrogens is 321 g/mol. The Kier molecular flexibility index (Phi) is 3.08. The molecule has 0 aliphatic heterocycles. The second kappa shape index (κ2) is 4.78. The van der Waals surface area contributed by atoms with E-state index in [1.807, 2.05) is 31.2 Å². The summed E-state index contributed by atoms with van der Waals surface area (Å²) in [6.07, 6.45) is 0. The van der Waals surface area contributed by atoms with Crippen molar-refractivity contribution in [3.8, 4) is 15.8 Å². The van der Waals surface area contributed by atoms with Crippen LogP contribution in [0.25, 0.3) is 19.6 Å². The summed E-state index contributed by atoms with van der Waals surface area (Å²) in [4.78, 5) is 10.4. The fourth-order valence-corrected chi connectivity index (χ4v) is 4.36. The molecule has 3 rings (SSSR count). The van der Waals surface area contributed by atoms with Crippen LogP contribution in [0.4, 0.5) is 5.69 Å². The Morgan fingerprint density at radius 1 is 1.15 bits per heavy atom. The number of nitro benzene ring substituents is 1. The predicted octanol–water partition coefficient (Wildman–Crippen LogP) is 3.49. The second-order valence-electron chi connectivity index (χ2n) is 4.58. The third-order valence-corrected chi connectivity index (χ3v) is 5.71. The van der Waals surface area contributed by atoms with Gasteiger partial charge in [0, 0.05) is 0 Å². The molecule has 2 aromatic carbocycles. The third-order valence-electron chi connectivity index (χ3n) is 3.17. The Bertz CT molecular complexity index is 806. The molecule has 0 spiro atoms. The maximum atomic E-state index is 10.8. The number of aromatic hydroxyl groups is 1. The molecular formula is C15H11NO3Se. The molecule has 0 unspecified atom stereocenters. The first-order valence-corrected chi connectivity index (χ1v) is 7.74. The second-order valence-corrected chi connectivity index (χ2v) is 6.79. The molecule has 0 fully saturated rings. The van der Waals surface area contributed by atoms with Crippen molar-refractivity contribution >= 4 is 29.8 Å². The van der Waals surface area contributed by atoms with E-state index in [2.05, 4.69) is 0 Å². The molecule has 0 bridgehead atoms. The molecule has 100 valence electrons. The number of fused-ring (bicyclic) bond motifs is 1. The van der Waals surface area contributed by atoms with E-state index in [0.29, 0.717) is 5.39 Å². The predicted molar refractivity (Wildman–Crippen MR) is 79.4 cm³/mol. The van der Waals surface area contributed by atoms with E-state index in [9.17, 15) is 15.2 Å². The standard InChI is InChI=1S/C15H11NO3Se/c1-9-2-4-10(5-3-9)15-14(17)12-8-11(16(18)19)6-7-13(12)20-15/h2-8,17H,1H3. The van der Waals surface area contributed by atoms with Crippen LogP contribution >= 0.6 is 0 Å². The van der Waals surface area contributed by atoms with Crippen molar-refractivity contribution in [2.45, 2.75) is 6.92 Å². The first kappa shape index (κ1) is 12.9. The van der Waals surface area contributed by atoms with Gasteiger partial charge in [0.2, 0.25) is 0 Å². The minimum atomic E-state index is -0.440. The van der Waals surface area contributed by atoms with Crippen LogP contribution in [-0.2, 0) is 0 Å². The van der Waals surface area contributed by atoms with Gasteiger partial charge in [0.1, 0.15) is 0 Å². The number of aryl methyl sites for hydroxylation is 1. The summed E-state index contributed by atoms with van der Waals surface area (Å²) < 4.78 is 1.86. The van der Waals surface area contributed by atoms with Crippen molar-refractivity contribution in [1.82, 2.24) is 0 Å². The molecule has 0 aliphatic rings. The van der Waals surface area contributed by atoms with Crippen molar-refractivity contribution in [1.29, 1.82) is 0 Å². The summed E-state index contributed by atoms with van der Waals surface area (Å²) in [5, 5.41) is 21.7. The maximum absolute atomic E-state index is 10.8. The molecule has 0 radical (unpaired) electrons. The van der Waals surface area contributed by atoms with Gasteiger partial charge in [-0.05, 0) is 0 Å². The first-order chi connectivity index (χ1) is 9.56. The molecule has 0 amide bonds. The van der Waals surface area contributed by atoms with Gasteiger partial charge in [-0.25, -0.2) is 0 Å². The van der Waals surface area contributed by atoms with Crippen molar-refractivity contribution in [2.24, 2.45) is 0 Å². The van der Waals surface area contributed by atoms with E-state index in [-0.39, 0.29) is 25.9 Å². The monoisotopic (exact) mass is 333 g/mol. The summed E-state index contributed by atoms with van der Waals surface area (Å²) in [5.74, 6) is 0.174. The number of benzene rings is 2. The molecule has 1 N–H and O–H groups in total. The Morgan fingerprint density at radius 3 is 2.50 bits per heavy atom. The minimum absolute atomic E-state index is 0.0104. The van der Waals surface area contributed by atoms with Gasteiger partial charge < -0.3 is 0 Å². The van der Waals surface area contributed by atoms with Gasteiger partial charge in [0.25, 0.3) is 0 Å². The van der Waals surface area contributed by atoms with E-state index in [1.54, 1.807) is 6.07 Å². The van der Waals surface area contributed by atoms with Crippen LogP contribution in [0.3, 0.4) is 0 Å². The third kappa shape index (κ3) is 2.11. The molecule has 0 aliphatic carbocycles. The molecule has 0 saturated carbocycles. The quantitative estimate of drug-likeness (QED) is 0.444. The van der Waals surface area contributed by atoms with Crippen LogP contribution in [-0.4, -0.2) is 24.5 Å². The molecule has 20 heavy (non-hydrogen) atoms. The average Bonchev–Trinajstić information content (AvgIpc) is 2.76. The van der Waals surface area contributed by atoms with Gasteiger partial charge in [0.05, 0.1) is 0 Å². The van der Waals surface area contributed by atoms with Gasteiger partial charge in [-0.15, -0.1) is 0 Å². The van der Waals surface area contributed by atoms with Gasteiger partial charge in [0.15, 0.2) is 0 Å². The van der Waals surface area contributed by atoms with Crippen LogP contribution in [0.2, 0.25) is 0 Å². The first-order valence-electron chi connectivity index (χ1n) is 6.03. The average molecular weight is 332 g/mol. The SMILES string of the molecule is Cc1ccc(-c2[se]c3ccc([N+](=O)[O-])cc3c2O)cc1. The van der Waals surface area contributed by atoms with Gasteiger partial charge in [-0.3, -0.25) is 0 Å². The van der Waals surface area contributed by atoms with E-state index < -0.39 is 4.92 Å². The molecule has 0 atom stereocenters. The Morgan fingerprint density at radius 2 is 1.85 bits per heavy atom. The zero-order valence-corrected chi connectivity index (χ0v) is 12.4. The Hall–Kier alpha value is -2.10. The van der Waals surface area contributed by atoms with Gasteiger partial charge >= 0.3 is 121 Å². The van der Waals surface area contributed by atoms with Crippen molar-refractivity contribution < 1.29 is 10.0 Å². The molecule has 4 nitrogen and oxygen atoms in total. The number of rotatable bonds is 2. The summed E-state index contributed by atoms with van der Waals surface area (Å²) in [6, 6.07) is 12.6. The number of hydrogen-bond acceptors (Lipinski definition) is 3. The van der Waals surface area contributed by atoms with E-state index >= 15 is 0 Å². The van der Waals surface area contributed by atoms with E-state index in [0.717, 1.165) is 19.8 Å². The summed E-state index contributed by atoms with van der Waals surface area (Å²) in [5.41, 5.74) is 2.15. The number of non-ortho nitro benzene ring substituents is 1. The zero-order valence-electron chi connectivity index (χ0n) is 10.7. The number of nitrogens with zero attached hydrogens (tertiary/aromatic N) is 1. The van der Waals surface area contributed by atoms with Crippen LogP contribution in [0.5, 0.6) is 5.75 Å². The van der Waals surface area contributed by atoms with E-state index in [4.69, 9.17) is 0 Å². The van der Waals surface area contributed by atoms with Crippen LogP contribution in [0.15, 0.2) is 42.5 Å². The Labute approximate surface area is 121 Å². The van der Waals surface area contributed by atoms with Crippen LogP contribution in [0.1, 0.15) is 5.56 Å². The van der Waals surface area contributed by atoms with Crippen LogP contribution in [0, 0.1) is 17.0 Å². The van der Waals surface area contributed by atoms with Gasteiger partial charge in [-0.1, -0.05) is 0 Å². The molecule has 5 heteroatoms. The summed E-state index contributed by atoms with van der Waals surface area (Å²) in [6.45, 7) is 2.01. The molecule has 1 aromatic heterocycles. The fraction of sp³-hybridized carbons (Fsp3) is 0.0667. The van der Waals surface area contributed by atoms with Gasteiger partial charge in [-0.2, -0.15) is 0 Å². The Balaban J connectivity index is 2.20. The summed E-state index contributed by atoms with van der Waals surface area (Å²) >= 11 is -0.0240. The van der Waals surface area contributed by atoms with Crippen molar-refractivity contribution in [3.05, 3.63) is 58.1 Å². The summed E-state index contributed by atoms with van der Waals surface area (Å²) in [7, 11) is 0. The van der Waals surface area contributed by atoms with Crippen LogP contribution < -0.4 is 0 Å². The normalized spacial score (nSPS) is 10.8. The number of hydrogen-bond donors (Lipinski definition) is 1. The molecule has 1 heterocycles. The zero-order chi connectivity index (χ0) is 14.3. The topological polar surface area (TPSA) is 63.4 Å². The van der Waals surface area contributed by atoms with Crippen molar-refractivity contribution in [3.63, 3.8) is 0 Å². The molecule has 3 aromatic rings. The van der Waals surface area contributed by atoms with Crippen molar-refractivity contribution in [2.75, 3.05) is 0 Å². The van der Waals surface area contributed by atoms with E-state index in [1.165, 1.54) is 12.1 Å². The number of nitro groups is 1.